The molecule has 2 rings (SSSR count). The Balaban J connectivity index is 2.05. The number of urea groups is 1. The van der Waals surface area contributed by atoms with E-state index in [2.05, 4.69) is 5.32 Å². The molecule has 2 amide bonds. The third-order valence-corrected chi connectivity index (χ3v) is 3.16. The van der Waals surface area contributed by atoms with Crippen molar-refractivity contribution in [3.63, 3.8) is 0 Å². The Kier molecular flexibility index (Phi) is 4.01. The largest absolute Gasteiger partial charge is 0.479 e. The van der Waals surface area contributed by atoms with Gasteiger partial charge in [-0.2, -0.15) is 0 Å². The maximum Gasteiger partial charge on any atom is 0.330 e. The number of hydrogen-bond acceptors (Lipinski definition) is 3. The molecule has 6 heteroatoms. The van der Waals surface area contributed by atoms with Gasteiger partial charge in [0.25, 0.3) is 0 Å². The Labute approximate surface area is 111 Å². The highest BCUT2D eigenvalue weighted by Gasteiger charge is 2.28. The van der Waals surface area contributed by atoms with Crippen LogP contribution >= 0.6 is 0 Å². The summed E-state index contributed by atoms with van der Waals surface area (Å²) in [5, 5.41) is 11.7. The number of amides is 2. The lowest BCUT2D eigenvalue weighted by molar-refractivity contribution is -0.139. The fourth-order valence-corrected chi connectivity index (χ4v) is 2.12. The summed E-state index contributed by atoms with van der Waals surface area (Å²) in [7, 11) is 0. The maximum atomic E-state index is 12.0. The first-order valence-electron chi connectivity index (χ1n) is 6.16. The third-order valence-electron chi connectivity index (χ3n) is 3.16. The first-order chi connectivity index (χ1) is 9.08. The monoisotopic (exact) mass is 263 g/mol. The summed E-state index contributed by atoms with van der Waals surface area (Å²) in [4.78, 5) is 24.8. The van der Waals surface area contributed by atoms with E-state index in [-0.39, 0.29) is 12.1 Å². The van der Waals surface area contributed by atoms with Crippen LogP contribution in [0.2, 0.25) is 0 Å². The summed E-state index contributed by atoms with van der Waals surface area (Å²) in [6, 6.07) is 7.18. The van der Waals surface area contributed by atoms with Crippen LogP contribution in [0, 0.1) is 0 Å². The molecule has 2 atom stereocenters. The lowest BCUT2D eigenvalue weighted by atomic mass is 10.1. The molecule has 1 fully saturated rings. The number of carbonyl (C=O) groups excluding carboxylic acids is 1. The molecule has 102 valence electrons. The van der Waals surface area contributed by atoms with Gasteiger partial charge in [0, 0.05) is 19.1 Å². The molecule has 1 heterocycles. The van der Waals surface area contributed by atoms with Crippen LogP contribution in [0.15, 0.2) is 30.3 Å². The normalized spacial score (nSPS) is 20.1. The van der Waals surface area contributed by atoms with E-state index in [0.717, 1.165) is 6.42 Å². The van der Waals surface area contributed by atoms with E-state index in [4.69, 9.17) is 5.73 Å². The molecule has 0 radical (unpaired) electrons. The molecule has 0 aromatic heterocycles. The summed E-state index contributed by atoms with van der Waals surface area (Å²) >= 11 is 0. The highest BCUT2D eigenvalue weighted by Crippen LogP contribution is 2.14. The Hall–Kier alpha value is -2.08. The number of nitrogens with one attached hydrogen (secondary N) is 1. The molecule has 1 unspecified atom stereocenters. The second-order valence-corrected chi connectivity index (χ2v) is 4.63. The lowest BCUT2D eigenvalue weighted by Gasteiger charge is -2.21. The third kappa shape index (κ3) is 3.23. The van der Waals surface area contributed by atoms with E-state index in [0.29, 0.717) is 18.7 Å². The Morgan fingerprint density at radius 3 is 2.58 bits per heavy atom. The van der Waals surface area contributed by atoms with Crippen molar-refractivity contribution in [1.29, 1.82) is 0 Å². The van der Waals surface area contributed by atoms with Gasteiger partial charge in [-0.1, -0.05) is 30.3 Å². The van der Waals surface area contributed by atoms with Crippen LogP contribution in [-0.4, -0.2) is 41.1 Å². The number of benzene rings is 1. The van der Waals surface area contributed by atoms with Crippen LogP contribution in [0.3, 0.4) is 0 Å². The van der Waals surface area contributed by atoms with Gasteiger partial charge < -0.3 is 21.1 Å². The predicted molar refractivity (Wildman–Crippen MR) is 69.5 cm³/mol. The molecule has 0 spiro atoms. The van der Waals surface area contributed by atoms with E-state index in [1.54, 1.807) is 35.2 Å². The van der Waals surface area contributed by atoms with Crippen molar-refractivity contribution in [2.45, 2.75) is 18.5 Å². The molecule has 1 aliphatic rings. The number of nitrogens with zero attached hydrogens (tertiary/aromatic N) is 1. The van der Waals surface area contributed by atoms with Gasteiger partial charge in [-0.05, 0) is 12.0 Å². The van der Waals surface area contributed by atoms with Crippen LogP contribution in [0.1, 0.15) is 18.0 Å². The molecular formula is C13H17N3O3. The molecule has 6 nitrogen and oxygen atoms in total. The van der Waals surface area contributed by atoms with Gasteiger partial charge in [-0.15, -0.1) is 0 Å². The Bertz CT molecular complexity index is 463. The van der Waals surface area contributed by atoms with Gasteiger partial charge >= 0.3 is 12.0 Å². The minimum absolute atomic E-state index is 0.0225. The number of carboxylic acid groups (broad SMARTS) is 1. The minimum Gasteiger partial charge on any atom is -0.479 e. The molecule has 1 aliphatic heterocycles. The average Bonchev–Trinajstić information content (AvgIpc) is 2.83. The number of likely N-dealkylation sites (tertiary alicyclic amines) is 1. The van der Waals surface area contributed by atoms with E-state index >= 15 is 0 Å². The van der Waals surface area contributed by atoms with Crippen LogP contribution in [0.5, 0.6) is 0 Å². The summed E-state index contributed by atoms with van der Waals surface area (Å²) in [6.45, 7) is 1.03. The zero-order valence-electron chi connectivity index (χ0n) is 10.5. The minimum atomic E-state index is -1.08. The predicted octanol–water partition coefficient (Wildman–Crippen LogP) is 0.555. The zero-order valence-corrected chi connectivity index (χ0v) is 10.5. The van der Waals surface area contributed by atoms with Gasteiger partial charge in [-0.25, -0.2) is 9.59 Å². The van der Waals surface area contributed by atoms with Gasteiger partial charge in [0.2, 0.25) is 0 Å². The van der Waals surface area contributed by atoms with Crippen molar-refractivity contribution < 1.29 is 14.7 Å². The quantitative estimate of drug-likeness (QED) is 0.742. The summed E-state index contributed by atoms with van der Waals surface area (Å²) in [5.74, 6) is -1.08. The highest BCUT2D eigenvalue weighted by atomic mass is 16.4. The van der Waals surface area contributed by atoms with E-state index in [1.807, 2.05) is 0 Å². The molecule has 1 aromatic carbocycles. The molecule has 4 N–H and O–H groups in total. The molecular weight excluding hydrogens is 246 g/mol. The number of carbonyl (C=O) groups is 2. The topological polar surface area (TPSA) is 95.7 Å². The highest BCUT2D eigenvalue weighted by molar-refractivity contribution is 5.83. The number of nitrogens with two attached hydrogens (primary N) is 1. The van der Waals surface area contributed by atoms with Gasteiger partial charge in [0.1, 0.15) is 0 Å². The lowest BCUT2D eigenvalue weighted by Crippen LogP contribution is -2.43. The van der Waals surface area contributed by atoms with Crippen LogP contribution < -0.4 is 11.1 Å². The SMILES string of the molecule is NC1CCN(C(=O)N[C@H](C(=O)O)c2ccccc2)C1. The van der Waals surface area contributed by atoms with Crippen molar-refractivity contribution in [2.24, 2.45) is 5.73 Å². The van der Waals surface area contributed by atoms with Gasteiger partial charge in [0.15, 0.2) is 6.04 Å². The Morgan fingerprint density at radius 1 is 1.37 bits per heavy atom. The van der Waals surface area contributed by atoms with Crippen molar-refractivity contribution in [3.05, 3.63) is 35.9 Å². The van der Waals surface area contributed by atoms with Crippen LogP contribution in [-0.2, 0) is 4.79 Å². The van der Waals surface area contributed by atoms with Crippen molar-refractivity contribution in [2.75, 3.05) is 13.1 Å². The molecule has 1 aromatic rings. The second-order valence-electron chi connectivity index (χ2n) is 4.63. The maximum absolute atomic E-state index is 12.0. The molecule has 19 heavy (non-hydrogen) atoms. The molecule has 0 saturated carbocycles. The standard InChI is InChI=1S/C13H17N3O3/c14-10-6-7-16(8-10)13(19)15-11(12(17)18)9-4-2-1-3-5-9/h1-5,10-11H,6-8,14H2,(H,15,19)(H,17,18)/t10?,11-/m0/s1. The summed E-state index contributed by atoms with van der Waals surface area (Å²) in [6.07, 6.45) is 0.747. The summed E-state index contributed by atoms with van der Waals surface area (Å²) in [5.41, 5.74) is 6.27. The first-order valence-corrected chi connectivity index (χ1v) is 6.16. The number of hydrogen-bond donors (Lipinski definition) is 3. The zero-order chi connectivity index (χ0) is 13.8. The number of aliphatic carboxylic acids is 1. The number of rotatable bonds is 3. The molecule has 1 saturated heterocycles. The van der Waals surface area contributed by atoms with Crippen molar-refractivity contribution in [3.8, 4) is 0 Å². The van der Waals surface area contributed by atoms with Crippen LogP contribution in [0.4, 0.5) is 4.79 Å². The molecule has 0 aliphatic carbocycles. The average molecular weight is 263 g/mol. The fourth-order valence-electron chi connectivity index (χ4n) is 2.12. The fraction of sp³-hybridized carbons (Fsp3) is 0.385. The summed E-state index contributed by atoms with van der Waals surface area (Å²) < 4.78 is 0. The Morgan fingerprint density at radius 2 is 2.05 bits per heavy atom. The number of carboxylic acids is 1. The van der Waals surface area contributed by atoms with Crippen molar-refractivity contribution in [1.82, 2.24) is 10.2 Å². The van der Waals surface area contributed by atoms with Crippen molar-refractivity contribution >= 4 is 12.0 Å². The first kappa shape index (κ1) is 13.4. The second kappa shape index (κ2) is 5.71. The van der Waals surface area contributed by atoms with Crippen LogP contribution in [0.25, 0.3) is 0 Å². The van der Waals surface area contributed by atoms with E-state index in [9.17, 15) is 14.7 Å². The molecule has 0 bridgehead atoms. The van der Waals surface area contributed by atoms with E-state index < -0.39 is 12.0 Å². The van der Waals surface area contributed by atoms with E-state index in [1.165, 1.54) is 0 Å². The van der Waals surface area contributed by atoms with Gasteiger partial charge in [-0.3, -0.25) is 0 Å². The van der Waals surface area contributed by atoms with Gasteiger partial charge in [0.05, 0.1) is 0 Å². The smallest absolute Gasteiger partial charge is 0.330 e.